The molecule has 0 spiro atoms. The van der Waals surface area contributed by atoms with Crippen LogP contribution >= 0.6 is 0 Å². The van der Waals surface area contributed by atoms with Crippen molar-refractivity contribution in [1.82, 2.24) is 10.3 Å². The number of hydrogen-bond donors (Lipinski definition) is 3. The fourth-order valence-corrected chi connectivity index (χ4v) is 1.20. The number of carbonyl (C=O) groups is 1. The van der Waals surface area contributed by atoms with Crippen LogP contribution < -0.4 is 15.4 Å². The van der Waals surface area contributed by atoms with Crippen LogP contribution in [0.4, 0.5) is 10.5 Å². The third-order valence-electron chi connectivity index (χ3n) is 2.25. The average Bonchev–Trinajstić information content (AvgIpc) is 2.37. The summed E-state index contributed by atoms with van der Waals surface area (Å²) >= 11 is 0. The van der Waals surface area contributed by atoms with E-state index in [1.54, 1.807) is 12.1 Å². The third kappa shape index (κ3) is 4.28. The van der Waals surface area contributed by atoms with Gasteiger partial charge in [0.05, 0.1) is 31.6 Å². The normalized spacial score (nSPS) is 11.7. The van der Waals surface area contributed by atoms with Crippen molar-refractivity contribution in [2.45, 2.75) is 19.4 Å². The average molecular weight is 239 g/mol. The predicted octanol–water partition coefficient (Wildman–Crippen LogP) is 0.983. The number of rotatable bonds is 5. The summed E-state index contributed by atoms with van der Waals surface area (Å²) in [6.07, 6.45) is 2.17. The van der Waals surface area contributed by atoms with Crippen molar-refractivity contribution in [2.24, 2.45) is 0 Å². The number of methoxy groups -OCH3 is 1. The van der Waals surface area contributed by atoms with Gasteiger partial charge < -0.3 is 20.5 Å². The molecule has 17 heavy (non-hydrogen) atoms. The van der Waals surface area contributed by atoms with Gasteiger partial charge in [-0.2, -0.15) is 0 Å². The fraction of sp³-hybridized carbons (Fsp3) is 0.455. The SMILES string of the molecule is CCC(CO)NC(=O)Nc1ccc(OC)nc1. The Kier molecular flexibility index (Phi) is 5.22. The van der Waals surface area contributed by atoms with Gasteiger partial charge in [-0.05, 0) is 12.5 Å². The highest BCUT2D eigenvalue weighted by atomic mass is 16.5. The summed E-state index contributed by atoms with van der Waals surface area (Å²) in [5.74, 6) is 0.484. The van der Waals surface area contributed by atoms with E-state index in [-0.39, 0.29) is 18.7 Å². The van der Waals surface area contributed by atoms with Crippen molar-refractivity contribution in [3.8, 4) is 5.88 Å². The first kappa shape index (κ1) is 13.2. The first-order valence-corrected chi connectivity index (χ1v) is 5.38. The minimum Gasteiger partial charge on any atom is -0.481 e. The zero-order valence-corrected chi connectivity index (χ0v) is 9.93. The lowest BCUT2D eigenvalue weighted by molar-refractivity contribution is 0.222. The zero-order valence-electron chi connectivity index (χ0n) is 9.93. The van der Waals surface area contributed by atoms with Gasteiger partial charge in [-0.15, -0.1) is 0 Å². The molecule has 0 aliphatic rings. The lowest BCUT2D eigenvalue weighted by atomic mass is 10.2. The van der Waals surface area contributed by atoms with E-state index in [1.807, 2.05) is 6.92 Å². The lowest BCUT2D eigenvalue weighted by Gasteiger charge is -2.14. The van der Waals surface area contributed by atoms with E-state index in [2.05, 4.69) is 15.6 Å². The maximum Gasteiger partial charge on any atom is 0.319 e. The molecule has 3 N–H and O–H groups in total. The van der Waals surface area contributed by atoms with Gasteiger partial charge >= 0.3 is 6.03 Å². The summed E-state index contributed by atoms with van der Waals surface area (Å²) in [6.45, 7) is 1.81. The number of anilines is 1. The van der Waals surface area contributed by atoms with Gasteiger partial charge in [0, 0.05) is 6.07 Å². The second-order valence-electron chi connectivity index (χ2n) is 3.48. The van der Waals surface area contributed by atoms with E-state index in [0.29, 0.717) is 18.0 Å². The molecule has 1 aromatic heterocycles. The number of pyridine rings is 1. The van der Waals surface area contributed by atoms with Crippen LogP contribution in [-0.2, 0) is 0 Å². The van der Waals surface area contributed by atoms with E-state index in [0.717, 1.165) is 0 Å². The Morgan fingerprint density at radius 3 is 2.82 bits per heavy atom. The van der Waals surface area contributed by atoms with Gasteiger partial charge in [-0.25, -0.2) is 9.78 Å². The largest absolute Gasteiger partial charge is 0.481 e. The Hall–Kier alpha value is -1.82. The number of amides is 2. The van der Waals surface area contributed by atoms with Gasteiger partial charge in [-0.3, -0.25) is 0 Å². The van der Waals surface area contributed by atoms with Crippen LogP contribution in [0.15, 0.2) is 18.3 Å². The molecule has 2 amide bonds. The maximum atomic E-state index is 11.5. The van der Waals surface area contributed by atoms with E-state index in [1.165, 1.54) is 13.3 Å². The van der Waals surface area contributed by atoms with E-state index < -0.39 is 0 Å². The molecule has 0 bridgehead atoms. The van der Waals surface area contributed by atoms with Gasteiger partial charge in [0.2, 0.25) is 5.88 Å². The molecule has 0 saturated heterocycles. The number of aromatic nitrogens is 1. The highest BCUT2D eigenvalue weighted by Crippen LogP contribution is 2.10. The monoisotopic (exact) mass is 239 g/mol. The third-order valence-corrected chi connectivity index (χ3v) is 2.25. The highest BCUT2D eigenvalue weighted by Gasteiger charge is 2.08. The van der Waals surface area contributed by atoms with Crippen LogP contribution in [0.3, 0.4) is 0 Å². The van der Waals surface area contributed by atoms with E-state index in [4.69, 9.17) is 9.84 Å². The summed E-state index contributed by atoms with van der Waals surface area (Å²) in [5.41, 5.74) is 0.566. The number of hydrogen-bond acceptors (Lipinski definition) is 4. The lowest BCUT2D eigenvalue weighted by Crippen LogP contribution is -2.39. The Morgan fingerprint density at radius 2 is 2.35 bits per heavy atom. The summed E-state index contributed by atoms with van der Waals surface area (Å²) in [6, 6.07) is 2.74. The van der Waals surface area contributed by atoms with E-state index in [9.17, 15) is 4.79 Å². The second-order valence-corrected chi connectivity index (χ2v) is 3.48. The number of nitrogens with one attached hydrogen (secondary N) is 2. The Labute approximate surface area is 100 Å². The number of nitrogens with zero attached hydrogens (tertiary/aromatic N) is 1. The molecular weight excluding hydrogens is 222 g/mol. The van der Waals surface area contributed by atoms with Crippen LogP contribution in [0.25, 0.3) is 0 Å². The van der Waals surface area contributed by atoms with Crippen LogP contribution in [-0.4, -0.2) is 35.9 Å². The van der Waals surface area contributed by atoms with Crippen molar-refractivity contribution >= 4 is 11.7 Å². The Balaban J connectivity index is 2.49. The summed E-state index contributed by atoms with van der Waals surface area (Å²) in [5, 5.41) is 14.2. The molecule has 0 saturated carbocycles. The van der Waals surface area contributed by atoms with Crippen molar-refractivity contribution in [1.29, 1.82) is 0 Å². The first-order valence-electron chi connectivity index (χ1n) is 5.38. The predicted molar refractivity (Wildman–Crippen MR) is 64.1 cm³/mol. The van der Waals surface area contributed by atoms with Crippen molar-refractivity contribution in [3.05, 3.63) is 18.3 Å². The zero-order chi connectivity index (χ0) is 12.7. The van der Waals surface area contributed by atoms with Crippen molar-refractivity contribution < 1.29 is 14.6 Å². The van der Waals surface area contributed by atoms with Gasteiger partial charge in [0.1, 0.15) is 0 Å². The molecule has 1 rings (SSSR count). The van der Waals surface area contributed by atoms with Crippen molar-refractivity contribution in [2.75, 3.05) is 19.0 Å². The standard InChI is InChI=1S/C11H17N3O3/c1-3-8(7-15)13-11(16)14-9-4-5-10(17-2)12-6-9/h4-6,8,15H,3,7H2,1-2H3,(H2,13,14,16). The molecule has 1 aromatic rings. The molecule has 0 aliphatic heterocycles. The number of aliphatic hydroxyl groups is 1. The number of ether oxygens (including phenoxy) is 1. The molecule has 1 heterocycles. The smallest absolute Gasteiger partial charge is 0.319 e. The van der Waals surface area contributed by atoms with Crippen LogP contribution in [0.2, 0.25) is 0 Å². The molecule has 0 aromatic carbocycles. The van der Waals surface area contributed by atoms with Gasteiger partial charge in [0.25, 0.3) is 0 Å². The van der Waals surface area contributed by atoms with Crippen LogP contribution in [0.5, 0.6) is 5.88 Å². The molecule has 0 fully saturated rings. The molecule has 1 unspecified atom stereocenters. The van der Waals surface area contributed by atoms with Crippen LogP contribution in [0, 0.1) is 0 Å². The maximum absolute atomic E-state index is 11.5. The quantitative estimate of drug-likeness (QED) is 0.715. The number of urea groups is 1. The first-order chi connectivity index (χ1) is 8.19. The summed E-state index contributed by atoms with van der Waals surface area (Å²) in [4.78, 5) is 15.5. The summed E-state index contributed by atoms with van der Waals surface area (Å²) in [7, 11) is 1.52. The Morgan fingerprint density at radius 1 is 1.59 bits per heavy atom. The summed E-state index contributed by atoms with van der Waals surface area (Å²) < 4.78 is 4.90. The van der Waals surface area contributed by atoms with Crippen molar-refractivity contribution in [3.63, 3.8) is 0 Å². The molecular formula is C11H17N3O3. The Bertz CT molecular complexity index is 349. The number of aliphatic hydroxyl groups excluding tert-OH is 1. The second kappa shape index (κ2) is 6.70. The molecule has 6 nitrogen and oxygen atoms in total. The fourth-order valence-electron chi connectivity index (χ4n) is 1.20. The molecule has 1 atom stereocenters. The molecule has 0 aliphatic carbocycles. The molecule has 6 heteroatoms. The molecule has 94 valence electrons. The molecule has 0 radical (unpaired) electrons. The minimum absolute atomic E-state index is 0.0786. The topological polar surface area (TPSA) is 83.5 Å². The minimum atomic E-state index is -0.363. The number of carbonyl (C=O) groups excluding carboxylic acids is 1. The van der Waals surface area contributed by atoms with Gasteiger partial charge in [-0.1, -0.05) is 6.92 Å². The van der Waals surface area contributed by atoms with Gasteiger partial charge in [0.15, 0.2) is 0 Å². The van der Waals surface area contributed by atoms with E-state index >= 15 is 0 Å². The van der Waals surface area contributed by atoms with Crippen LogP contribution in [0.1, 0.15) is 13.3 Å². The highest BCUT2D eigenvalue weighted by molar-refractivity contribution is 5.89.